The van der Waals surface area contributed by atoms with Crippen LogP contribution in [0.25, 0.3) is 11.3 Å². The number of nitrogens with zero attached hydrogens (tertiary/aromatic N) is 1. The summed E-state index contributed by atoms with van der Waals surface area (Å²) < 4.78 is 4.99. The van der Waals surface area contributed by atoms with Gasteiger partial charge in [0.25, 0.3) is 0 Å². The molecule has 0 saturated heterocycles. The fraction of sp³-hybridized carbons (Fsp3) is 0.357. The van der Waals surface area contributed by atoms with Crippen LogP contribution in [0, 0.1) is 6.92 Å². The first-order chi connectivity index (χ1) is 8.79. The van der Waals surface area contributed by atoms with Crippen molar-refractivity contribution in [2.45, 2.75) is 13.5 Å². The van der Waals surface area contributed by atoms with Gasteiger partial charge in [0.2, 0.25) is 0 Å². The fourth-order valence-electron chi connectivity index (χ4n) is 1.62. The Labute approximate surface area is 112 Å². The molecule has 0 spiro atoms. The maximum Gasteiger partial charge on any atom is 0.107 e. The van der Waals surface area contributed by atoms with Gasteiger partial charge in [-0.1, -0.05) is 29.8 Å². The van der Waals surface area contributed by atoms with Gasteiger partial charge in [-0.2, -0.15) is 0 Å². The number of thiazole rings is 1. The Morgan fingerprint density at radius 3 is 2.78 bits per heavy atom. The van der Waals surface area contributed by atoms with Crippen LogP contribution in [-0.2, 0) is 11.3 Å². The molecule has 0 aliphatic rings. The average Bonchev–Trinajstić information content (AvgIpc) is 2.84. The number of benzene rings is 1. The highest BCUT2D eigenvalue weighted by molar-refractivity contribution is 7.09. The Hall–Kier alpha value is -1.23. The van der Waals surface area contributed by atoms with Crippen molar-refractivity contribution in [1.82, 2.24) is 10.3 Å². The lowest BCUT2D eigenvalue weighted by atomic mass is 10.1. The van der Waals surface area contributed by atoms with Crippen LogP contribution in [0.1, 0.15) is 10.6 Å². The SMILES string of the molecule is COCCNCc1nc(-c2ccc(C)cc2)cs1. The first-order valence-corrected chi connectivity index (χ1v) is 6.88. The number of aromatic nitrogens is 1. The summed E-state index contributed by atoms with van der Waals surface area (Å²) >= 11 is 1.69. The largest absolute Gasteiger partial charge is 0.383 e. The summed E-state index contributed by atoms with van der Waals surface area (Å²) in [5.41, 5.74) is 3.51. The molecule has 4 heteroatoms. The van der Waals surface area contributed by atoms with Crippen molar-refractivity contribution < 1.29 is 4.74 Å². The Balaban J connectivity index is 1.95. The van der Waals surface area contributed by atoms with E-state index in [-0.39, 0.29) is 0 Å². The van der Waals surface area contributed by atoms with Gasteiger partial charge >= 0.3 is 0 Å². The first-order valence-electron chi connectivity index (χ1n) is 6.00. The minimum absolute atomic E-state index is 0.732. The lowest BCUT2D eigenvalue weighted by molar-refractivity contribution is 0.199. The molecule has 1 aromatic heterocycles. The summed E-state index contributed by atoms with van der Waals surface area (Å²) in [4.78, 5) is 4.62. The summed E-state index contributed by atoms with van der Waals surface area (Å²) in [6, 6.07) is 8.47. The first kappa shape index (κ1) is 13.2. The van der Waals surface area contributed by atoms with Gasteiger partial charge in [-0.3, -0.25) is 0 Å². The Morgan fingerprint density at radius 1 is 1.28 bits per heavy atom. The molecule has 1 N–H and O–H groups in total. The highest BCUT2D eigenvalue weighted by Gasteiger charge is 2.03. The predicted molar refractivity (Wildman–Crippen MR) is 75.9 cm³/mol. The molecular formula is C14H18N2OS. The zero-order chi connectivity index (χ0) is 12.8. The molecule has 1 heterocycles. The van der Waals surface area contributed by atoms with Crippen LogP contribution in [0.2, 0.25) is 0 Å². The number of methoxy groups -OCH3 is 1. The van der Waals surface area contributed by atoms with E-state index >= 15 is 0 Å². The van der Waals surface area contributed by atoms with Gasteiger partial charge in [0.15, 0.2) is 0 Å². The van der Waals surface area contributed by atoms with Crippen molar-refractivity contribution in [2.75, 3.05) is 20.3 Å². The van der Waals surface area contributed by atoms with Crippen molar-refractivity contribution in [1.29, 1.82) is 0 Å². The maximum absolute atomic E-state index is 4.99. The molecule has 2 rings (SSSR count). The second-order valence-electron chi connectivity index (χ2n) is 4.16. The third-order valence-corrected chi connectivity index (χ3v) is 3.51. The third-order valence-electron chi connectivity index (χ3n) is 2.66. The van der Waals surface area contributed by atoms with E-state index in [2.05, 4.69) is 46.9 Å². The van der Waals surface area contributed by atoms with Crippen LogP contribution in [0.15, 0.2) is 29.6 Å². The van der Waals surface area contributed by atoms with Gasteiger partial charge in [-0.05, 0) is 6.92 Å². The number of nitrogens with one attached hydrogen (secondary N) is 1. The van der Waals surface area contributed by atoms with E-state index in [1.54, 1.807) is 18.4 Å². The van der Waals surface area contributed by atoms with Gasteiger partial charge in [0.05, 0.1) is 12.3 Å². The zero-order valence-corrected chi connectivity index (χ0v) is 11.6. The Kier molecular flexibility index (Phi) is 4.87. The second kappa shape index (κ2) is 6.64. The van der Waals surface area contributed by atoms with Crippen molar-refractivity contribution >= 4 is 11.3 Å². The molecule has 96 valence electrons. The van der Waals surface area contributed by atoms with Crippen LogP contribution in [0.5, 0.6) is 0 Å². The molecule has 0 atom stereocenters. The highest BCUT2D eigenvalue weighted by atomic mass is 32.1. The molecule has 0 bridgehead atoms. The van der Waals surface area contributed by atoms with Crippen molar-refractivity contribution in [3.63, 3.8) is 0 Å². The molecule has 0 saturated carbocycles. The van der Waals surface area contributed by atoms with E-state index in [0.717, 1.165) is 30.4 Å². The number of ether oxygens (including phenoxy) is 1. The molecule has 0 radical (unpaired) electrons. The van der Waals surface area contributed by atoms with Gasteiger partial charge < -0.3 is 10.1 Å². The van der Waals surface area contributed by atoms with E-state index in [4.69, 9.17) is 4.74 Å². The molecule has 18 heavy (non-hydrogen) atoms. The van der Waals surface area contributed by atoms with E-state index in [1.807, 2.05) is 0 Å². The summed E-state index contributed by atoms with van der Waals surface area (Å²) in [5, 5.41) is 6.52. The van der Waals surface area contributed by atoms with Crippen LogP contribution in [0.4, 0.5) is 0 Å². The van der Waals surface area contributed by atoms with Gasteiger partial charge in [-0.15, -0.1) is 11.3 Å². The van der Waals surface area contributed by atoms with Crippen molar-refractivity contribution in [3.8, 4) is 11.3 Å². The fourth-order valence-corrected chi connectivity index (χ4v) is 2.39. The Morgan fingerprint density at radius 2 is 2.06 bits per heavy atom. The van der Waals surface area contributed by atoms with E-state index in [9.17, 15) is 0 Å². The van der Waals surface area contributed by atoms with E-state index in [1.165, 1.54) is 11.1 Å². The standard InChI is InChI=1S/C14H18N2OS/c1-11-3-5-12(6-4-11)13-10-18-14(16-13)9-15-7-8-17-2/h3-6,10,15H,7-9H2,1-2H3. The highest BCUT2D eigenvalue weighted by Crippen LogP contribution is 2.22. The number of hydrogen-bond acceptors (Lipinski definition) is 4. The molecule has 2 aromatic rings. The van der Waals surface area contributed by atoms with E-state index < -0.39 is 0 Å². The Bertz CT molecular complexity index is 479. The second-order valence-corrected chi connectivity index (χ2v) is 5.10. The predicted octanol–water partition coefficient (Wildman–Crippen LogP) is 2.85. The summed E-state index contributed by atoms with van der Waals surface area (Å²) in [6.07, 6.45) is 0. The minimum atomic E-state index is 0.732. The van der Waals surface area contributed by atoms with Crippen molar-refractivity contribution in [3.05, 3.63) is 40.2 Å². The topological polar surface area (TPSA) is 34.1 Å². The van der Waals surface area contributed by atoms with Crippen LogP contribution < -0.4 is 5.32 Å². The van der Waals surface area contributed by atoms with Crippen LogP contribution >= 0.6 is 11.3 Å². The van der Waals surface area contributed by atoms with Crippen LogP contribution in [0.3, 0.4) is 0 Å². The maximum atomic E-state index is 4.99. The van der Waals surface area contributed by atoms with Gasteiger partial charge in [-0.25, -0.2) is 4.98 Å². The molecule has 0 unspecified atom stereocenters. The number of aryl methyl sites for hydroxylation is 1. The quantitative estimate of drug-likeness (QED) is 0.813. The molecule has 0 amide bonds. The lowest BCUT2D eigenvalue weighted by Gasteiger charge is -2.00. The molecule has 3 nitrogen and oxygen atoms in total. The summed E-state index contributed by atoms with van der Waals surface area (Å²) in [7, 11) is 1.71. The number of rotatable bonds is 6. The van der Waals surface area contributed by atoms with Gasteiger partial charge in [0, 0.05) is 31.1 Å². The van der Waals surface area contributed by atoms with Crippen molar-refractivity contribution in [2.24, 2.45) is 0 Å². The number of hydrogen-bond donors (Lipinski definition) is 1. The van der Waals surface area contributed by atoms with Gasteiger partial charge in [0.1, 0.15) is 5.01 Å². The normalized spacial score (nSPS) is 10.8. The molecule has 0 aliphatic heterocycles. The molecular weight excluding hydrogens is 244 g/mol. The summed E-state index contributed by atoms with van der Waals surface area (Å²) in [5.74, 6) is 0. The minimum Gasteiger partial charge on any atom is -0.383 e. The smallest absolute Gasteiger partial charge is 0.107 e. The monoisotopic (exact) mass is 262 g/mol. The lowest BCUT2D eigenvalue weighted by Crippen LogP contribution is -2.18. The molecule has 1 aromatic carbocycles. The average molecular weight is 262 g/mol. The third kappa shape index (κ3) is 3.63. The van der Waals surface area contributed by atoms with Crippen LogP contribution in [-0.4, -0.2) is 25.2 Å². The molecule has 0 fully saturated rings. The summed E-state index contributed by atoms with van der Waals surface area (Å²) in [6.45, 7) is 4.49. The zero-order valence-electron chi connectivity index (χ0n) is 10.8. The van der Waals surface area contributed by atoms with E-state index in [0.29, 0.717) is 0 Å². The molecule has 0 aliphatic carbocycles.